The van der Waals surface area contributed by atoms with Gasteiger partial charge in [-0.3, -0.25) is 4.79 Å². The van der Waals surface area contributed by atoms with Crippen LogP contribution in [0.15, 0.2) is 12.7 Å². The number of ether oxygens (including phenoxy) is 1. The second-order valence-corrected chi connectivity index (χ2v) is 8.03. The van der Waals surface area contributed by atoms with E-state index in [0.29, 0.717) is 35.1 Å². The number of anilines is 1. The predicted molar refractivity (Wildman–Crippen MR) is 96.3 cm³/mol. The summed E-state index contributed by atoms with van der Waals surface area (Å²) in [4.78, 5) is 25.1. The van der Waals surface area contributed by atoms with Crippen molar-refractivity contribution >= 4 is 22.8 Å². The molecule has 10 heteroatoms. The van der Waals surface area contributed by atoms with E-state index in [2.05, 4.69) is 20.3 Å². The van der Waals surface area contributed by atoms with Gasteiger partial charge in [0.15, 0.2) is 11.5 Å². The van der Waals surface area contributed by atoms with Gasteiger partial charge in [-0.2, -0.15) is 0 Å². The highest BCUT2D eigenvalue weighted by molar-refractivity contribution is 5.87. The van der Waals surface area contributed by atoms with Crippen molar-refractivity contribution in [2.75, 3.05) is 11.9 Å². The molecule has 2 aromatic heterocycles. The summed E-state index contributed by atoms with van der Waals surface area (Å²) in [5.74, 6) is 1.44. The molecule has 7 atom stereocenters. The molecule has 0 spiro atoms. The Kier molecular flexibility index (Phi) is 4.31. The van der Waals surface area contributed by atoms with Crippen LogP contribution in [-0.4, -0.2) is 77.7 Å². The molecule has 28 heavy (non-hydrogen) atoms. The second kappa shape index (κ2) is 6.73. The summed E-state index contributed by atoms with van der Waals surface area (Å²) in [6.45, 7) is -0.133. The van der Waals surface area contributed by atoms with E-state index in [1.165, 1.54) is 6.33 Å². The van der Waals surface area contributed by atoms with E-state index in [0.717, 1.165) is 12.8 Å². The first-order chi connectivity index (χ1) is 13.5. The lowest BCUT2D eigenvalue weighted by Gasteiger charge is -2.22. The maximum Gasteiger partial charge on any atom is 0.165 e. The lowest BCUT2D eigenvalue weighted by atomic mass is 9.94. The Morgan fingerprint density at radius 3 is 2.71 bits per heavy atom. The maximum absolute atomic E-state index is 12.0. The molecule has 2 saturated carbocycles. The van der Waals surface area contributed by atoms with Crippen molar-refractivity contribution in [3.8, 4) is 0 Å². The molecule has 0 aromatic carbocycles. The monoisotopic (exact) mass is 389 g/mol. The SMILES string of the molecule is O=C1CC2CC(Nc3ncnc4c3ncn4CC3OC(CO)C(O)C3O)C1C2. The zero-order valence-electron chi connectivity index (χ0n) is 15.2. The molecule has 4 N–H and O–H groups in total. The van der Waals surface area contributed by atoms with Crippen LogP contribution in [0.4, 0.5) is 5.82 Å². The normalized spacial score (nSPS) is 37.2. The number of fused-ring (bicyclic) bond motifs is 3. The highest BCUT2D eigenvalue weighted by Crippen LogP contribution is 2.43. The van der Waals surface area contributed by atoms with E-state index in [4.69, 9.17) is 4.74 Å². The second-order valence-electron chi connectivity index (χ2n) is 8.03. The lowest BCUT2D eigenvalue weighted by molar-refractivity contribution is -0.121. The highest BCUT2D eigenvalue weighted by atomic mass is 16.6. The van der Waals surface area contributed by atoms with Gasteiger partial charge < -0.3 is 29.9 Å². The number of ketones is 1. The largest absolute Gasteiger partial charge is 0.394 e. The fourth-order valence-electron chi connectivity index (χ4n) is 4.88. The smallest absolute Gasteiger partial charge is 0.165 e. The van der Waals surface area contributed by atoms with Crippen LogP contribution >= 0.6 is 0 Å². The molecular weight excluding hydrogens is 366 g/mol. The van der Waals surface area contributed by atoms with Gasteiger partial charge in [0, 0.05) is 18.4 Å². The summed E-state index contributed by atoms with van der Waals surface area (Å²) in [5, 5.41) is 32.7. The number of rotatable bonds is 5. The zero-order chi connectivity index (χ0) is 19.4. The quantitative estimate of drug-likeness (QED) is 0.511. The van der Waals surface area contributed by atoms with Crippen LogP contribution in [-0.2, 0) is 16.1 Å². The third-order valence-electron chi connectivity index (χ3n) is 6.30. The van der Waals surface area contributed by atoms with E-state index in [9.17, 15) is 20.1 Å². The van der Waals surface area contributed by atoms with E-state index < -0.39 is 24.4 Å². The summed E-state index contributed by atoms with van der Waals surface area (Å²) in [7, 11) is 0. The first-order valence-corrected chi connectivity index (χ1v) is 9.62. The van der Waals surface area contributed by atoms with Crippen molar-refractivity contribution in [1.29, 1.82) is 0 Å². The molecule has 3 heterocycles. The van der Waals surface area contributed by atoms with E-state index >= 15 is 0 Å². The van der Waals surface area contributed by atoms with Crippen LogP contribution in [0.3, 0.4) is 0 Å². The summed E-state index contributed by atoms with van der Waals surface area (Å²) < 4.78 is 7.28. The first kappa shape index (κ1) is 17.9. The number of carbonyl (C=O) groups is 1. The highest BCUT2D eigenvalue weighted by Gasteiger charge is 2.46. The molecule has 2 aromatic rings. The molecule has 1 aliphatic heterocycles. The van der Waals surface area contributed by atoms with Crippen molar-refractivity contribution in [2.45, 2.75) is 56.3 Å². The van der Waals surface area contributed by atoms with E-state index in [-0.39, 0.29) is 25.1 Å². The van der Waals surface area contributed by atoms with Gasteiger partial charge in [-0.05, 0) is 18.8 Å². The van der Waals surface area contributed by atoms with Crippen molar-refractivity contribution in [3.63, 3.8) is 0 Å². The standard InChI is InChI=1S/C18H23N5O5/c24-5-13-16(27)15(26)12(28-13)4-23-7-21-14-17(19-6-20-18(14)23)22-10-2-8-1-9(10)11(25)3-8/h6-10,12-13,15-16,24,26-27H,1-5H2,(H,19,20,22). The molecular formula is C18H23N5O5. The fourth-order valence-corrected chi connectivity index (χ4v) is 4.88. The van der Waals surface area contributed by atoms with Crippen LogP contribution in [0.2, 0.25) is 0 Å². The Labute approximate surface area is 160 Å². The number of imidazole rings is 1. The van der Waals surface area contributed by atoms with E-state index in [1.807, 2.05) is 0 Å². The Bertz CT molecular complexity index is 904. The van der Waals surface area contributed by atoms with Crippen molar-refractivity contribution in [1.82, 2.24) is 19.5 Å². The van der Waals surface area contributed by atoms with Crippen LogP contribution in [0.1, 0.15) is 19.3 Å². The number of nitrogens with zero attached hydrogens (tertiary/aromatic N) is 4. The Balaban J connectivity index is 1.37. The van der Waals surface area contributed by atoms with Crippen LogP contribution in [0, 0.1) is 11.8 Å². The summed E-state index contributed by atoms with van der Waals surface area (Å²) in [6, 6.07) is 0.0787. The van der Waals surface area contributed by atoms with Gasteiger partial charge in [0.1, 0.15) is 42.0 Å². The van der Waals surface area contributed by atoms with Crippen LogP contribution in [0.5, 0.6) is 0 Å². The van der Waals surface area contributed by atoms with Crippen LogP contribution < -0.4 is 5.32 Å². The van der Waals surface area contributed by atoms with Crippen molar-refractivity contribution < 1.29 is 24.9 Å². The zero-order valence-corrected chi connectivity index (χ0v) is 15.2. The molecule has 3 fully saturated rings. The number of aliphatic hydroxyl groups is 3. The average Bonchev–Trinajstić information content (AvgIpc) is 3.42. The molecule has 2 aliphatic carbocycles. The minimum absolute atomic E-state index is 0.0519. The molecule has 2 bridgehead atoms. The van der Waals surface area contributed by atoms with Gasteiger partial charge in [-0.15, -0.1) is 0 Å². The Hall–Kier alpha value is -2.14. The molecule has 3 aliphatic rings. The van der Waals surface area contributed by atoms with E-state index in [1.54, 1.807) is 10.9 Å². The van der Waals surface area contributed by atoms with Crippen molar-refractivity contribution in [3.05, 3.63) is 12.7 Å². The minimum Gasteiger partial charge on any atom is -0.394 e. The maximum atomic E-state index is 12.0. The van der Waals surface area contributed by atoms with Gasteiger partial charge in [0.2, 0.25) is 0 Å². The number of Topliss-reactive ketones (excluding diaryl/α,β-unsaturated/α-hetero) is 1. The molecule has 7 unspecified atom stereocenters. The molecule has 0 radical (unpaired) electrons. The van der Waals surface area contributed by atoms with Crippen molar-refractivity contribution in [2.24, 2.45) is 11.8 Å². The summed E-state index contributed by atoms with van der Waals surface area (Å²) in [5.41, 5.74) is 1.16. The molecule has 150 valence electrons. The van der Waals surface area contributed by atoms with Crippen LogP contribution in [0.25, 0.3) is 11.2 Å². The van der Waals surface area contributed by atoms with Gasteiger partial charge in [0.05, 0.1) is 19.5 Å². The Morgan fingerprint density at radius 2 is 2.00 bits per heavy atom. The molecule has 5 rings (SSSR count). The molecule has 0 amide bonds. The van der Waals surface area contributed by atoms with Gasteiger partial charge in [-0.1, -0.05) is 0 Å². The third-order valence-corrected chi connectivity index (χ3v) is 6.30. The number of aromatic nitrogens is 4. The number of aliphatic hydroxyl groups excluding tert-OH is 3. The number of nitrogens with one attached hydrogen (secondary N) is 1. The number of carbonyl (C=O) groups excluding carboxylic acids is 1. The summed E-state index contributed by atoms with van der Waals surface area (Å²) >= 11 is 0. The minimum atomic E-state index is -1.13. The number of hydrogen-bond acceptors (Lipinski definition) is 9. The fraction of sp³-hybridized carbons (Fsp3) is 0.667. The number of hydrogen-bond donors (Lipinski definition) is 4. The lowest BCUT2D eigenvalue weighted by Crippen LogP contribution is -2.35. The topological polar surface area (TPSA) is 143 Å². The predicted octanol–water partition coefficient (Wildman–Crippen LogP) is -0.913. The molecule has 10 nitrogen and oxygen atoms in total. The first-order valence-electron chi connectivity index (χ1n) is 9.62. The third kappa shape index (κ3) is 2.79. The summed E-state index contributed by atoms with van der Waals surface area (Å²) in [6.07, 6.45) is 1.91. The average molecular weight is 389 g/mol. The molecule has 1 saturated heterocycles. The van der Waals surface area contributed by atoms with Gasteiger partial charge >= 0.3 is 0 Å². The van der Waals surface area contributed by atoms with Gasteiger partial charge in [-0.25, -0.2) is 15.0 Å². The van der Waals surface area contributed by atoms with Gasteiger partial charge in [0.25, 0.3) is 0 Å². The Morgan fingerprint density at radius 1 is 1.18 bits per heavy atom.